The number of aromatic carboxylic acids is 1. The Morgan fingerprint density at radius 2 is 2.13 bits per heavy atom. The van der Waals surface area contributed by atoms with E-state index >= 15 is 0 Å². The number of benzene rings is 1. The standard InChI is InChI=1S/C10H11BO4/c1-7-6-14-11(15-7)9-4-2-8(3-5-9)10(12)13/h2-5,7H,6H2,1H3,(H,12,13). The molecule has 0 bridgehead atoms. The molecule has 1 aromatic carbocycles. The van der Waals surface area contributed by atoms with E-state index in [4.69, 9.17) is 14.4 Å². The van der Waals surface area contributed by atoms with Crippen LogP contribution in [0.1, 0.15) is 17.3 Å². The van der Waals surface area contributed by atoms with Gasteiger partial charge in [0.1, 0.15) is 0 Å². The van der Waals surface area contributed by atoms with Crippen LogP contribution in [0.2, 0.25) is 0 Å². The Labute approximate surface area is 88.0 Å². The Balaban J connectivity index is 2.13. The Kier molecular flexibility index (Phi) is 2.75. The predicted octanol–water partition coefficient (Wildman–Crippen LogP) is 0.515. The second kappa shape index (κ2) is 4.04. The fourth-order valence-corrected chi connectivity index (χ4v) is 1.47. The zero-order chi connectivity index (χ0) is 10.8. The van der Waals surface area contributed by atoms with Crippen molar-refractivity contribution in [2.75, 3.05) is 6.61 Å². The van der Waals surface area contributed by atoms with Crippen molar-refractivity contribution in [1.82, 2.24) is 0 Å². The molecule has 1 aliphatic rings. The molecule has 2 rings (SSSR count). The quantitative estimate of drug-likeness (QED) is 0.716. The SMILES string of the molecule is CC1COB(c2ccc(C(=O)O)cc2)O1. The number of rotatable bonds is 2. The second-order valence-electron chi connectivity index (χ2n) is 3.54. The minimum absolute atomic E-state index is 0.0918. The predicted molar refractivity (Wildman–Crippen MR) is 55.3 cm³/mol. The number of carboxylic acid groups (broad SMARTS) is 1. The molecular formula is C10H11BO4. The maximum absolute atomic E-state index is 10.6. The molecule has 1 unspecified atom stereocenters. The van der Waals surface area contributed by atoms with Crippen LogP contribution in [0, 0.1) is 0 Å². The van der Waals surface area contributed by atoms with Crippen molar-refractivity contribution >= 4 is 18.6 Å². The average molecular weight is 206 g/mol. The van der Waals surface area contributed by atoms with Gasteiger partial charge in [-0.25, -0.2) is 4.79 Å². The van der Waals surface area contributed by atoms with Crippen molar-refractivity contribution in [2.24, 2.45) is 0 Å². The van der Waals surface area contributed by atoms with Gasteiger partial charge in [0, 0.05) is 0 Å². The summed E-state index contributed by atoms with van der Waals surface area (Å²) in [4.78, 5) is 10.6. The van der Waals surface area contributed by atoms with Crippen molar-refractivity contribution in [1.29, 1.82) is 0 Å². The van der Waals surface area contributed by atoms with Crippen LogP contribution in [0.4, 0.5) is 0 Å². The fourth-order valence-electron chi connectivity index (χ4n) is 1.47. The van der Waals surface area contributed by atoms with E-state index in [1.807, 2.05) is 6.92 Å². The molecule has 1 fully saturated rings. The molecule has 1 N–H and O–H groups in total. The molecule has 0 radical (unpaired) electrons. The van der Waals surface area contributed by atoms with E-state index in [0.29, 0.717) is 6.61 Å². The summed E-state index contributed by atoms with van der Waals surface area (Å²) in [7, 11) is -0.358. The minimum atomic E-state index is -0.928. The lowest BCUT2D eigenvalue weighted by Crippen LogP contribution is -2.32. The van der Waals surface area contributed by atoms with E-state index in [0.717, 1.165) is 5.46 Å². The van der Waals surface area contributed by atoms with Gasteiger partial charge in [-0.3, -0.25) is 0 Å². The molecule has 1 aliphatic heterocycles. The lowest BCUT2D eigenvalue weighted by atomic mass is 9.79. The Morgan fingerprint density at radius 3 is 2.60 bits per heavy atom. The van der Waals surface area contributed by atoms with Gasteiger partial charge in [0.2, 0.25) is 0 Å². The first-order valence-corrected chi connectivity index (χ1v) is 4.77. The maximum atomic E-state index is 10.6. The van der Waals surface area contributed by atoms with E-state index in [1.165, 1.54) is 0 Å². The summed E-state index contributed by atoms with van der Waals surface area (Å²) < 4.78 is 10.9. The van der Waals surface area contributed by atoms with Gasteiger partial charge in [-0.2, -0.15) is 0 Å². The van der Waals surface area contributed by atoms with E-state index in [9.17, 15) is 4.79 Å². The van der Waals surface area contributed by atoms with Gasteiger partial charge in [-0.05, 0) is 24.5 Å². The van der Waals surface area contributed by atoms with Crippen molar-refractivity contribution in [3.63, 3.8) is 0 Å². The lowest BCUT2D eigenvalue weighted by molar-refractivity contribution is 0.0697. The third-order valence-electron chi connectivity index (χ3n) is 2.27. The molecular weight excluding hydrogens is 195 g/mol. The second-order valence-corrected chi connectivity index (χ2v) is 3.54. The number of carbonyl (C=O) groups is 1. The molecule has 0 aromatic heterocycles. The number of hydrogen-bond acceptors (Lipinski definition) is 3. The summed E-state index contributed by atoms with van der Waals surface area (Å²) in [5.41, 5.74) is 1.12. The molecule has 0 saturated carbocycles. The molecule has 1 atom stereocenters. The van der Waals surface area contributed by atoms with Crippen LogP contribution in [0.15, 0.2) is 24.3 Å². The molecule has 0 amide bonds. The van der Waals surface area contributed by atoms with Crippen LogP contribution in [-0.2, 0) is 9.31 Å². The summed E-state index contributed by atoms with van der Waals surface area (Å²) in [6, 6.07) is 6.53. The van der Waals surface area contributed by atoms with Crippen LogP contribution in [0.5, 0.6) is 0 Å². The van der Waals surface area contributed by atoms with Crippen molar-refractivity contribution < 1.29 is 19.2 Å². The highest BCUT2D eigenvalue weighted by molar-refractivity contribution is 6.61. The molecule has 1 saturated heterocycles. The zero-order valence-corrected chi connectivity index (χ0v) is 8.34. The monoisotopic (exact) mass is 206 g/mol. The Hall–Kier alpha value is -1.33. The van der Waals surface area contributed by atoms with E-state index in [1.54, 1.807) is 24.3 Å². The molecule has 0 spiro atoms. The summed E-state index contributed by atoms with van der Waals surface area (Å²) in [5, 5.41) is 8.72. The zero-order valence-electron chi connectivity index (χ0n) is 8.34. The molecule has 5 heteroatoms. The lowest BCUT2D eigenvalue weighted by Gasteiger charge is -2.05. The van der Waals surface area contributed by atoms with Gasteiger partial charge < -0.3 is 14.4 Å². The molecule has 78 valence electrons. The van der Waals surface area contributed by atoms with Gasteiger partial charge in [-0.1, -0.05) is 12.1 Å². The minimum Gasteiger partial charge on any atom is -0.478 e. The third-order valence-corrected chi connectivity index (χ3v) is 2.27. The molecule has 4 nitrogen and oxygen atoms in total. The van der Waals surface area contributed by atoms with Crippen LogP contribution < -0.4 is 5.46 Å². The molecule has 1 heterocycles. The average Bonchev–Trinajstić information content (AvgIpc) is 2.65. The van der Waals surface area contributed by atoms with E-state index in [2.05, 4.69) is 0 Å². The smallest absolute Gasteiger partial charge is 0.478 e. The van der Waals surface area contributed by atoms with Crippen molar-refractivity contribution in [3.8, 4) is 0 Å². The summed E-state index contributed by atoms with van der Waals surface area (Å²) in [5.74, 6) is -0.928. The van der Waals surface area contributed by atoms with Crippen molar-refractivity contribution in [2.45, 2.75) is 13.0 Å². The van der Waals surface area contributed by atoms with Crippen LogP contribution >= 0.6 is 0 Å². The van der Waals surface area contributed by atoms with Gasteiger partial charge >= 0.3 is 13.1 Å². The highest BCUT2D eigenvalue weighted by atomic mass is 16.6. The van der Waals surface area contributed by atoms with Gasteiger partial charge in [-0.15, -0.1) is 0 Å². The first-order valence-electron chi connectivity index (χ1n) is 4.77. The molecule has 0 aliphatic carbocycles. The molecule has 15 heavy (non-hydrogen) atoms. The first-order chi connectivity index (χ1) is 7.16. The van der Waals surface area contributed by atoms with Crippen molar-refractivity contribution in [3.05, 3.63) is 29.8 Å². The Morgan fingerprint density at radius 1 is 1.47 bits per heavy atom. The van der Waals surface area contributed by atoms with Crippen LogP contribution in [0.3, 0.4) is 0 Å². The van der Waals surface area contributed by atoms with E-state index in [-0.39, 0.29) is 18.8 Å². The first kappa shape index (κ1) is 10.2. The highest BCUT2D eigenvalue weighted by Crippen LogP contribution is 2.08. The van der Waals surface area contributed by atoms with Gasteiger partial charge in [0.15, 0.2) is 0 Å². The van der Waals surface area contributed by atoms with Gasteiger partial charge in [0.25, 0.3) is 0 Å². The summed E-state index contributed by atoms with van der Waals surface area (Å²) >= 11 is 0. The third kappa shape index (κ3) is 2.19. The van der Waals surface area contributed by atoms with Crippen LogP contribution in [0.25, 0.3) is 0 Å². The maximum Gasteiger partial charge on any atom is 0.494 e. The summed E-state index contributed by atoms with van der Waals surface area (Å²) in [6.07, 6.45) is 0.0918. The highest BCUT2D eigenvalue weighted by Gasteiger charge is 2.30. The topological polar surface area (TPSA) is 55.8 Å². The number of hydrogen-bond donors (Lipinski definition) is 1. The number of carboxylic acids is 1. The normalized spacial score (nSPS) is 20.6. The van der Waals surface area contributed by atoms with E-state index < -0.39 is 5.97 Å². The fraction of sp³-hybridized carbons (Fsp3) is 0.300. The van der Waals surface area contributed by atoms with Gasteiger partial charge in [0.05, 0.1) is 18.3 Å². The Bertz CT molecular complexity index is 362. The van der Waals surface area contributed by atoms with Crippen LogP contribution in [-0.4, -0.2) is 30.9 Å². The largest absolute Gasteiger partial charge is 0.494 e. The summed E-state index contributed by atoms with van der Waals surface area (Å²) in [6.45, 7) is 2.51. The molecule has 1 aromatic rings.